The van der Waals surface area contributed by atoms with Crippen LogP contribution in [0.1, 0.15) is 34.4 Å². The third-order valence-corrected chi connectivity index (χ3v) is 4.55. The molecule has 6 nitrogen and oxygen atoms in total. The van der Waals surface area contributed by atoms with E-state index >= 15 is 0 Å². The number of nitrogens with one attached hydrogen (secondary N) is 1. The summed E-state index contributed by atoms with van der Waals surface area (Å²) in [6.45, 7) is 4.51. The maximum Gasteiger partial charge on any atom is 0.272 e. The normalized spacial score (nSPS) is 10.5. The number of pyridine rings is 1. The highest BCUT2D eigenvalue weighted by molar-refractivity contribution is 5.93. The average molecular weight is 375 g/mol. The number of carbonyl (C=O) groups excluding carboxylic acids is 1. The molecular formula is C22H25N5O. The van der Waals surface area contributed by atoms with Crippen LogP contribution in [0.3, 0.4) is 0 Å². The molecule has 0 spiro atoms. The van der Waals surface area contributed by atoms with Gasteiger partial charge in [0.05, 0.1) is 0 Å². The van der Waals surface area contributed by atoms with Gasteiger partial charge in [0.15, 0.2) is 0 Å². The summed E-state index contributed by atoms with van der Waals surface area (Å²) in [5, 5.41) is 3.33. The molecule has 3 aromatic rings. The van der Waals surface area contributed by atoms with Gasteiger partial charge in [0.25, 0.3) is 5.91 Å². The standard InChI is InChI=1S/C22H25N5O/c1-4-18-7-5-6-8-19(18)26-21-15-20(24-16(2)25-21)22(28)27(3)14-11-17-9-12-23-13-10-17/h5-10,12-13,15H,4,11,14H2,1-3H3,(H,24,25,26). The highest BCUT2D eigenvalue weighted by atomic mass is 16.2. The number of nitrogens with zero attached hydrogens (tertiary/aromatic N) is 4. The zero-order valence-electron chi connectivity index (χ0n) is 16.5. The summed E-state index contributed by atoms with van der Waals surface area (Å²) in [5.74, 6) is 1.07. The van der Waals surface area contributed by atoms with Crippen LogP contribution in [-0.2, 0) is 12.8 Å². The van der Waals surface area contributed by atoms with Crippen LogP contribution in [0.5, 0.6) is 0 Å². The Balaban J connectivity index is 1.73. The minimum atomic E-state index is -0.119. The number of aromatic nitrogens is 3. The molecule has 0 aliphatic carbocycles. The molecule has 0 radical (unpaired) electrons. The molecule has 6 heteroatoms. The van der Waals surface area contributed by atoms with E-state index in [1.165, 1.54) is 5.56 Å². The van der Waals surface area contributed by atoms with E-state index in [2.05, 4.69) is 33.3 Å². The van der Waals surface area contributed by atoms with Crippen LogP contribution < -0.4 is 5.32 Å². The van der Waals surface area contributed by atoms with Gasteiger partial charge in [-0.2, -0.15) is 0 Å². The lowest BCUT2D eigenvalue weighted by atomic mass is 10.1. The topological polar surface area (TPSA) is 71.0 Å². The Bertz CT molecular complexity index is 943. The number of hydrogen-bond donors (Lipinski definition) is 1. The third kappa shape index (κ3) is 4.91. The molecule has 0 unspecified atom stereocenters. The zero-order valence-corrected chi connectivity index (χ0v) is 16.5. The summed E-state index contributed by atoms with van der Waals surface area (Å²) < 4.78 is 0. The number of likely N-dealkylation sites (N-methyl/N-ethyl adjacent to an activating group) is 1. The smallest absolute Gasteiger partial charge is 0.272 e. The van der Waals surface area contributed by atoms with Gasteiger partial charge in [-0.15, -0.1) is 0 Å². The second kappa shape index (κ2) is 9.08. The number of carbonyl (C=O) groups is 1. The van der Waals surface area contributed by atoms with E-state index in [4.69, 9.17) is 0 Å². The van der Waals surface area contributed by atoms with Crippen LogP contribution in [0.15, 0.2) is 54.9 Å². The Morgan fingerprint density at radius 1 is 1.11 bits per heavy atom. The molecule has 0 aliphatic heterocycles. The van der Waals surface area contributed by atoms with Crippen LogP contribution in [-0.4, -0.2) is 39.4 Å². The first-order chi connectivity index (χ1) is 13.6. The van der Waals surface area contributed by atoms with Crippen molar-refractivity contribution in [2.75, 3.05) is 18.9 Å². The highest BCUT2D eigenvalue weighted by Gasteiger charge is 2.15. The van der Waals surface area contributed by atoms with Crippen molar-refractivity contribution in [2.24, 2.45) is 0 Å². The first-order valence-electron chi connectivity index (χ1n) is 9.41. The van der Waals surface area contributed by atoms with Crippen LogP contribution >= 0.6 is 0 Å². The van der Waals surface area contributed by atoms with Crippen molar-refractivity contribution < 1.29 is 4.79 Å². The molecule has 1 aromatic carbocycles. The van der Waals surface area contributed by atoms with Gasteiger partial charge in [0.2, 0.25) is 0 Å². The molecule has 0 saturated carbocycles. The number of rotatable bonds is 7. The lowest BCUT2D eigenvalue weighted by Gasteiger charge is -2.17. The molecule has 0 fully saturated rings. The molecule has 1 amide bonds. The van der Waals surface area contributed by atoms with Crippen molar-refractivity contribution in [3.05, 3.63) is 77.5 Å². The van der Waals surface area contributed by atoms with E-state index in [-0.39, 0.29) is 5.91 Å². The second-order valence-electron chi connectivity index (χ2n) is 6.65. The molecule has 0 saturated heterocycles. The van der Waals surface area contributed by atoms with E-state index in [9.17, 15) is 4.79 Å². The van der Waals surface area contributed by atoms with Gasteiger partial charge in [-0.3, -0.25) is 9.78 Å². The number of benzene rings is 1. The predicted molar refractivity (Wildman–Crippen MR) is 111 cm³/mol. The van der Waals surface area contributed by atoms with E-state index in [1.54, 1.807) is 37.3 Å². The molecule has 1 N–H and O–H groups in total. The van der Waals surface area contributed by atoms with Gasteiger partial charge < -0.3 is 10.2 Å². The van der Waals surface area contributed by atoms with Crippen molar-refractivity contribution in [1.29, 1.82) is 0 Å². The van der Waals surface area contributed by atoms with Gasteiger partial charge in [-0.1, -0.05) is 25.1 Å². The largest absolute Gasteiger partial charge is 0.340 e. The molecule has 0 bridgehead atoms. The Labute approximate surface area is 165 Å². The van der Waals surface area contributed by atoms with Crippen LogP contribution in [0.2, 0.25) is 0 Å². The van der Waals surface area contributed by atoms with Crippen molar-refractivity contribution in [1.82, 2.24) is 19.9 Å². The fraction of sp³-hybridized carbons (Fsp3) is 0.273. The van der Waals surface area contributed by atoms with Crippen molar-refractivity contribution in [3.8, 4) is 0 Å². The third-order valence-electron chi connectivity index (χ3n) is 4.55. The summed E-state index contributed by atoms with van der Waals surface area (Å²) in [4.78, 5) is 27.3. The fourth-order valence-electron chi connectivity index (χ4n) is 2.97. The second-order valence-corrected chi connectivity index (χ2v) is 6.65. The molecule has 2 heterocycles. The summed E-state index contributed by atoms with van der Waals surface area (Å²) in [6.07, 6.45) is 5.20. The Morgan fingerprint density at radius 2 is 1.86 bits per heavy atom. The summed E-state index contributed by atoms with van der Waals surface area (Å²) in [5.41, 5.74) is 3.72. The molecule has 2 aromatic heterocycles. The lowest BCUT2D eigenvalue weighted by Crippen LogP contribution is -2.30. The number of hydrogen-bond acceptors (Lipinski definition) is 5. The Morgan fingerprint density at radius 3 is 2.61 bits per heavy atom. The Hall–Kier alpha value is -3.28. The summed E-state index contributed by atoms with van der Waals surface area (Å²) in [7, 11) is 1.79. The molecule has 144 valence electrons. The van der Waals surface area contributed by atoms with Crippen LogP contribution in [0.25, 0.3) is 0 Å². The lowest BCUT2D eigenvalue weighted by molar-refractivity contribution is 0.0790. The predicted octanol–water partition coefficient (Wildman–Crippen LogP) is 3.80. The average Bonchev–Trinajstić information content (AvgIpc) is 2.72. The molecule has 3 rings (SSSR count). The maximum atomic E-state index is 12.8. The van der Waals surface area contributed by atoms with Gasteiger partial charge >= 0.3 is 0 Å². The van der Waals surface area contributed by atoms with E-state index in [0.717, 1.165) is 24.1 Å². The molecule has 0 atom stereocenters. The maximum absolute atomic E-state index is 12.8. The monoisotopic (exact) mass is 375 g/mol. The minimum Gasteiger partial charge on any atom is -0.340 e. The van der Waals surface area contributed by atoms with Gasteiger partial charge in [0, 0.05) is 37.7 Å². The fourth-order valence-corrected chi connectivity index (χ4v) is 2.97. The molecule has 28 heavy (non-hydrogen) atoms. The minimum absolute atomic E-state index is 0.119. The quantitative estimate of drug-likeness (QED) is 0.680. The number of anilines is 2. The number of amides is 1. The Kier molecular flexibility index (Phi) is 6.32. The molecular weight excluding hydrogens is 350 g/mol. The summed E-state index contributed by atoms with van der Waals surface area (Å²) >= 11 is 0. The van der Waals surface area contributed by atoms with Crippen molar-refractivity contribution in [3.63, 3.8) is 0 Å². The van der Waals surface area contributed by atoms with E-state index in [0.29, 0.717) is 23.9 Å². The summed E-state index contributed by atoms with van der Waals surface area (Å²) in [6, 6.07) is 13.7. The van der Waals surface area contributed by atoms with Gasteiger partial charge in [0.1, 0.15) is 17.3 Å². The SMILES string of the molecule is CCc1ccccc1Nc1cc(C(=O)N(C)CCc2ccncc2)nc(C)n1. The van der Waals surface area contributed by atoms with Gasteiger partial charge in [-0.05, 0) is 49.1 Å². The zero-order chi connectivity index (χ0) is 19.9. The number of para-hydroxylation sites is 1. The van der Waals surface area contributed by atoms with Crippen LogP contribution in [0.4, 0.5) is 11.5 Å². The van der Waals surface area contributed by atoms with Crippen molar-refractivity contribution >= 4 is 17.4 Å². The molecule has 0 aliphatic rings. The number of aryl methyl sites for hydroxylation is 2. The van der Waals surface area contributed by atoms with E-state index < -0.39 is 0 Å². The van der Waals surface area contributed by atoms with Gasteiger partial charge in [-0.25, -0.2) is 9.97 Å². The van der Waals surface area contributed by atoms with Crippen molar-refractivity contribution in [2.45, 2.75) is 26.7 Å². The highest BCUT2D eigenvalue weighted by Crippen LogP contribution is 2.21. The van der Waals surface area contributed by atoms with E-state index in [1.807, 2.05) is 30.3 Å². The first kappa shape index (κ1) is 19.5. The van der Waals surface area contributed by atoms with Crippen LogP contribution in [0, 0.1) is 6.92 Å². The first-order valence-corrected chi connectivity index (χ1v) is 9.41.